The lowest BCUT2D eigenvalue weighted by Crippen LogP contribution is -2.14. The van der Waals surface area contributed by atoms with Crippen LogP contribution in [0.4, 0.5) is 0 Å². The topological polar surface area (TPSA) is 29.9 Å². The molecule has 2 heterocycles. The van der Waals surface area contributed by atoms with Crippen molar-refractivity contribution < 1.29 is 0 Å². The molecule has 0 unspecified atom stereocenters. The molecule has 16 heavy (non-hydrogen) atoms. The number of aryl methyl sites for hydroxylation is 2. The van der Waals surface area contributed by atoms with Crippen LogP contribution in [0, 0.1) is 6.92 Å². The van der Waals surface area contributed by atoms with Crippen LogP contribution in [0.5, 0.6) is 0 Å². The van der Waals surface area contributed by atoms with Crippen LogP contribution < -0.4 is 5.32 Å². The minimum Gasteiger partial charge on any atom is -0.306 e. The molecule has 3 nitrogen and oxygen atoms in total. The van der Waals surface area contributed by atoms with Crippen LogP contribution in [0.2, 0.25) is 4.34 Å². The molecule has 2 aromatic heterocycles. The average Bonchev–Trinajstić information content (AvgIpc) is 2.74. The number of rotatable bonds is 4. The quantitative estimate of drug-likeness (QED) is 0.911. The molecule has 86 valence electrons. The van der Waals surface area contributed by atoms with E-state index in [4.69, 9.17) is 11.6 Å². The molecule has 0 saturated carbocycles. The maximum atomic E-state index is 5.86. The summed E-state index contributed by atoms with van der Waals surface area (Å²) in [6.07, 6.45) is 0. The van der Waals surface area contributed by atoms with E-state index in [0.29, 0.717) is 0 Å². The van der Waals surface area contributed by atoms with Gasteiger partial charge in [0.25, 0.3) is 0 Å². The van der Waals surface area contributed by atoms with E-state index in [1.165, 1.54) is 10.6 Å². The smallest absolute Gasteiger partial charge is 0.0931 e. The van der Waals surface area contributed by atoms with Crippen LogP contribution in [0.15, 0.2) is 18.2 Å². The number of nitrogens with one attached hydrogen (secondary N) is 1. The lowest BCUT2D eigenvalue weighted by molar-refractivity contribution is 0.628. The molecule has 0 spiro atoms. The van der Waals surface area contributed by atoms with E-state index in [9.17, 15) is 0 Å². The second kappa shape index (κ2) is 4.99. The molecule has 0 fully saturated rings. The maximum Gasteiger partial charge on any atom is 0.0931 e. The largest absolute Gasteiger partial charge is 0.306 e. The van der Waals surface area contributed by atoms with Gasteiger partial charge in [0.05, 0.1) is 15.7 Å². The van der Waals surface area contributed by atoms with Crippen LogP contribution in [0.25, 0.3) is 0 Å². The predicted octanol–water partition coefficient (Wildman–Crippen LogP) is 2.73. The highest BCUT2D eigenvalue weighted by atomic mass is 35.5. The van der Waals surface area contributed by atoms with E-state index in [-0.39, 0.29) is 0 Å². The summed E-state index contributed by atoms with van der Waals surface area (Å²) in [6, 6.07) is 6.07. The third-order valence-corrected chi connectivity index (χ3v) is 3.56. The molecule has 0 saturated heterocycles. The monoisotopic (exact) mass is 255 g/mol. The molecule has 0 bridgehead atoms. The van der Waals surface area contributed by atoms with Gasteiger partial charge < -0.3 is 5.32 Å². The Morgan fingerprint density at radius 3 is 2.81 bits per heavy atom. The zero-order valence-corrected chi connectivity index (χ0v) is 10.9. The fraction of sp³-hybridized carbons (Fsp3) is 0.364. The molecule has 2 aromatic rings. The van der Waals surface area contributed by atoms with E-state index in [0.717, 1.165) is 23.1 Å². The lowest BCUT2D eigenvalue weighted by Gasteiger charge is -2.03. The Bertz CT molecular complexity index is 475. The number of nitrogens with zero attached hydrogens (tertiary/aromatic N) is 2. The van der Waals surface area contributed by atoms with Gasteiger partial charge in [0.15, 0.2) is 0 Å². The zero-order chi connectivity index (χ0) is 11.5. The van der Waals surface area contributed by atoms with Gasteiger partial charge in [-0.3, -0.25) is 4.68 Å². The summed E-state index contributed by atoms with van der Waals surface area (Å²) in [5.41, 5.74) is 2.25. The van der Waals surface area contributed by atoms with Crippen molar-refractivity contribution in [1.82, 2.24) is 15.1 Å². The molecule has 1 N–H and O–H groups in total. The van der Waals surface area contributed by atoms with Gasteiger partial charge in [-0.05, 0) is 25.1 Å². The third-order valence-electron chi connectivity index (χ3n) is 2.33. The van der Waals surface area contributed by atoms with Crippen molar-refractivity contribution in [2.75, 3.05) is 0 Å². The molecule has 0 atom stereocenters. The zero-order valence-electron chi connectivity index (χ0n) is 9.33. The minimum atomic E-state index is 0.826. The SMILES string of the molecule is Cc1cc(CNCc2ccc(Cl)s2)n(C)n1. The van der Waals surface area contributed by atoms with Crippen molar-refractivity contribution in [2.24, 2.45) is 7.05 Å². The molecular weight excluding hydrogens is 242 g/mol. The van der Waals surface area contributed by atoms with Gasteiger partial charge in [-0.15, -0.1) is 11.3 Å². The van der Waals surface area contributed by atoms with Crippen LogP contribution in [-0.2, 0) is 20.1 Å². The number of hydrogen-bond acceptors (Lipinski definition) is 3. The van der Waals surface area contributed by atoms with E-state index >= 15 is 0 Å². The Hall–Kier alpha value is -0.840. The van der Waals surface area contributed by atoms with E-state index in [1.54, 1.807) is 11.3 Å². The van der Waals surface area contributed by atoms with E-state index in [2.05, 4.69) is 22.5 Å². The molecular formula is C11H14ClN3S. The van der Waals surface area contributed by atoms with Crippen molar-refractivity contribution in [3.05, 3.63) is 38.8 Å². The Balaban J connectivity index is 1.86. The van der Waals surface area contributed by atoms with Crippen LogP contribution in [0.1, 0.15) is 16.3 Å². The first-order valence-electron chi connectivity index (χ1n) is 5.09. The number of aromatic nitrogens is 2. The first kappa shape index (κ1) is 11.6. The second-order valence-electron chi connectivity index (χ2n) is 3.71. The maximum absolute atomic E-state index is 5.86. The van der Waals surface area contributed by atoms with Gasteiger partial charge in [-0.1, -0.05) is 11.6 Å². The Morgan fingerprint density at radius 2 is 2.25 bits per heavy atom. The van der Waals surface area contributed by atoms with Gasteiger partial charge in [0.1, 0.15) is 0 Å². The lowest BCUT2D eigenvalue weighted by atomic mass is 10.3. The molecule has 0 aliphatic heterocycles. The van der Waals surface area contributed by atoms with Crippen molar-refractivity contribution >= 4 is 22.9 Å². The average molecular weight is 256 g/mol. The summed E-state index contributed by atoms with van der Waals surface area (Å²) in [5.74, 6) is 0. The summed E-state index contributed by atoms with van der Waals surface area (Å²) in [4.78, 5) is 1.25. The van der Waals surface area contributed by atoms with Crippen LogP contribution in [-0.4, -0.2) is 9.78 Å². The minimum absolute atomic E-state index is 0.826. The van der Waals surface area contributed by atoms with Crippen LogP contribution >= 0.6 is 22.9 Å². The fourth-order valence-corrected chi connectivity index (χ4v) is 2.65. The van der Waals surface area contributed by atoms with Crippen molar-refractivity contribution in [3.8, 4) is 0 Å². The van der Waals surface area contributed by atoms with Gasteiger partial charge >= 0.3 is 0 Å². The molecule has 0 aromatic carbocycles. The van der Waals surface area contributed by atoms with E-state index < -0.39 is 0 Å². The second-order valence-corrected chi connectivity index (χ2v) is 5.51. The first-order chi connectivity index (χ1) is 7.65. The van der Waals surface area contributed by atoms with Crippen molar-refractivity contribution in [2.45, 2.75) is 20.0 Å². The van der Waals surface area contributed by atoms with Crippen molar-refractivity contribution in [1.29, 1.82) is 0 Å². The highest BCUT2D eigenvalue weighted by molar-refractivity contribution is 7.16. The Kier molecular flexibility index (Phi) is 3.63. The van der Waals surface area contributed by atoms with Crippen LogP contribution in [0.3, 0.4) is 0 Å². The first-order valence-corrected chi connectivity index (χ1v) is 6.29. The van der Waals surface area contributed by atoms with E-state index in [1.807, 2.05) is 24.7 Å². The Labute approximate surface area is 104 Å². The summed E-state index contributed by atoms with van der Waals surface area (Å²) in [6.45, 7) is 3.68. The van der Waals surface area contributed by atoms with Gasteiger partial charge in [-0.2, -0.15) is 5.10 Å². The Morgan fingerprint density at radius 1 is 1.44 bits per heavy atom. The standard InChI is InChI=1S/C11H14ClN3S/c1-8-5-9(15(2)14-8)6-13-7-10-3-4-11(12)16-10/h3-5,13H,6-7H2,1-2H3. The molecule has 0 amide bonds. The molecule has 0 radical (unpaired) electrons. The number of hydrogen-bond donors (Lipinski definition) is 1. The number of halogens is 1. The molecule has 0 aliphatic carbocycles. The molecule has 5 heteroatoms. The fourth-order valence-electron chi connectivity index (χ4n) is 1.59. The highest BCUT2D eigenvalue weighted by Gasteiger charge is 2.02. The summed E-state index contributed by atoms with van der Waals surface area (Å²) >= 11 is 7.47. The van der Waals surface area contributed by atoms with Gasteiger partial charge in [0.2, 0.25) is 0 Å². The van der Waals surface area contributed by atoms with Gasteiger partial charge in [-0.25, -0.2) is 0 Å². The normalized spacial score (nSPS) is 10.9. The predicted molar refractivity (Wildman–Crippen MR) is 67.8 cm³/mol. The van der Waals surface area contributed by atoms with Crippen molar-refractivity contribution in [3.63, 3.8) is 0 Å². The number of thiophene rings is 1. The van der Waals surface area contributed by atoms with Gasteiger partial charge in [0, 0.05) is 25.0 Å². The third kappa shape index (κ3) is 2.84. The summed E-state index contributed by atoms with van der Waals surface area (Å²) < 4.78 is 2.75. The molecule has 2 rings (SSSR count). The summed E-state index contributed by atoms with van der Waals surface area (Å²) in [7, 11) is 1.96. The molecule has 0 aliphatic rings. The highest BCUT2D eigenvalue weighted by Crippen LogP contribution is 2.21. The summed E-state index contributed by atoms with van der Waals surface area (Å²) in [5, 5.41) is 7.68.